The van der Waals surface area contributed by atoms with Crippen molar-refractivity contribution in [3.8, 4) is 0 Å². The molecule has 6 nitrogen and oxygen atoms in total. The number of carbonyl (C=O) groups excluding carboxylic acids is 2. The van der Waals surface area contributed by atoms with Crippen molar-refractivity contribution >= 4 is 44.7 Å². The van der Waals surface area contributed by atoms with Crippen LogP contribution in [0.4, 0.5) is 15.8 Å². The highest BCUT2D eigenvalue weighted by molar-refractivity contribution is 7.17. The van der Waals surface area contributed by atoms with Gasteiger partial charge in [0.15, 0.2) is 0 Å². The summed E-state index contributed by atoms with van der Waals surface area (Å²) in [5, 5.41) is 3.16. The Labute approximate surface area is 272 Å². The Hall–Kier alpha value is -2.97. The zero-order chi connectivity index (χ0) is 31.6. The first-order valence-electron chi connectivity index (χ1n) is 17.1. The molecule has 2 aliphatic heterocycles. The van der Waals surface area contributed by atoms with E-state index in [0.29, 0.717) is 19.3 Å². The van der Waals surface area contributed by atoms with Gasteiger partial charge in [-0.1, -0.05) is 76.8 Å². The van der Waals surface area contributed by atoms with E-state index in [1.165, 1.54) is 57.6 Å². The van der Waals surface area contributed by atoms with Gasteiger partial charge in [-0.2, -0.15) is 0 Å². The van der Waals surface area contributed by atoms with Crippen LogP contribution in [0.2, 0.25) is 0 Å². The van der Waals surface area contributed by atoms with E-state index in [0.717, 1.165) is 79.0 Å². The molecule has 3 heterocycles. The lowest BCUT2D eigenvalue weighted by Gasteiger charge is -2.37. The zero-order valence-electron chi connectivity index (χ0n) is 27.2. The highest BCUT2D eigenvalue weighted by atomic mass is 32.1. The van der Waals surface area contributed by atoms with E-state index in [2.05, 4.69) is 41.0 Å². The number of ether oxygens (including phenoxy) is 1. The van der Waals surface area contributed by atoms with Crippen LogP contribution in [0.25, 0.3) is 10.1 Å². The van der Waals surface area contributed by atoms with E-state index in [4.69, 9.17) is 4.74 Å². The van der Waals surface area contributed by atoms with Crippen molar-refractivity contribution in [2.75, 3.05) is 49.6 Å². The Kier molecular flexibility index (Phi) is 12.3. The van der Waals surface area contributed by atoms with Crippen LogP contribution in [0, 0.1) is 5.82 Å². The molecule has 45 heavy (non-hydrogen) atoms. The summed E-state index contributed by atoms with van der Waals surface area (Å²) >= 11 is 1.58. The molecular formula is C37H50FN3O3S. The molecule has 1 atom stereocenters. The standard InChI is InChI=1S/C37H50FN3O3S/c1-3-4-5-6-7-8-9-10-11-12-32(37(43)44-2)41-33-25-28(13-14-29(33)15-16-36(41)42)17-19-39-20-22-40(23-21-39)34-26-30(38)27-35-31(34)18-24-45-35/h13-14,18,24-27,32H,3-12,15-17,19-23H2,1-2H3. The number of benzene rings is 2. The third kappa shape index (κ3) is 8.64. The molecule has 244 valence electrons. The molecule has 0 N–H and O–H groups in total. The number of methoxy groups -OCH3 is 1. The third-order valence-electron chi connectivity index (χ3n) is 9.60. The lowest BCUT2D eigenvalue weighted by Crippen LogP contribution is -2.48. The van der Waals surface area contributed by atoms with Crippen LogP contribution in [-0.4, -0.2) is 62.7 Å². The average molecular weight is 636 g/mol. The molecule has 2 aromatic carbocycles. The molecular weight excluding hydrogens is 585 g/mol. The molecule has 0 saturated carbocycles. The van der Waals surface area contributed by atoms with Gasteiger partial charge in [0.1, 0.15) is 11.9 Å². The number of amides is 1. The van der Waals surface area contributed by atoms with Gasteiger partial charge >= 0.3 is 5.97 Å². The predicted molar refractivity (Wildman–Crippen MR) is 184 cm³/mol. The summed E-state index contributed by atoms with van der Waals surface area (Å²) in [6, 6.07) is 11.3. The fourth-order valence-corrected chi connectivity index (χ4v) is 7.79. The van der Waals surface area contributed by atoms with Crippen molar-refractivity contribution in [1.29, 1.82) is 0 Å². The van der Waals surface area contributed by atoms with Gasteiger partial charge in [0.25, 0.3) is 0 Å². The quantitative estimate of drug-likeness (QED) is 0.118. The van der Waals surface area contributed by atoms with Crippen LogP contribution in [0.5, 0.6) is 0 Å². The number of nitrogens with zero attached hydrogens (tertiary/aromatic N) is 3. The maximum Gasteiger partial charge on any atom is 0.328 e. The van der Waals surface area contributed by atoms with Crippen molar-refractivity contribution in [2.24, 2.45) is 0 Å². The SMILES string of the molecule is CCCCCCCCCCCC(C(=O)OC)N1C(=O)CCc2ccc(CCN3CCN(c4cc(F)cc5sccc45)CC3)cc21. The number of hydrogen-bond donors (Lipinski definition) is 0. The van der Waals surface area contributed by atoms with E-state index in [1.807, 2.05) is 5.38 Å². The lowest BCUT2D eigenvalue weighted by molar-refractivity contribution is -0.143. The van der Waals surface area contributed by atoms with Crippen molar-refractivity contribution < 1.29 is 18.7 Å². The minimum absolute atomic E-state index is 0.0131. The lowest BCUT2D eigenvalue weighted by atomic mass is 9.95. The van der Waals surface area contributed by atoms with E-state index >= 15 is 0 Å². The van der Waals surface area contributed by atoms with Crippen molar-refractivity contribution in [1.82, 2.24) is 4.90 Å². The average Bonchev–Trinajstić information content (AvgIpc) is 3.53. The summed E-state index contributed by atoms with van der Waals surface area (Å²) in [5.74, 6) is -0.485. The molecule has 1 saturated heterocycles. The van der Waals surface area contributed by atoms with Gasteiger partial charge in [-0.3, -0.25) is 14.6 Å². The van der Waals surface area contributed by atoms with Gasteiger partial charge in [-0.05, 0) is 60.0 Å². The zero-order valence-corrected chi connectivity index (χ0v) is 28.0. The minimum atomic E-state index is -0.577. The first-order chi connectivity index (χ1) is 22.0. The number of esters is 1. The minimum Gasteiger partial charge on any atom is -0.467 e. The van der Waals surface area contributed by atoms with Crippen molar-refractivity contribution in [2.45, 2.75) is 96.4 Å². The molecule has 0 bridgehead atoms. The van der Waals surface area contributed by atoms with Crippen LogP contribution >= 0.6 is 11.3 Å². The Morgan fingerprint density at radius 1 is 0.911 bits per heavy atom. The van der Waals surface area contributed by atoms with Crippen molar-refractivity contribution in [3.63, 3.8) is 0 Å². The fraction of sp³-hybridized carbons (Fsp3) is 0.568. The normalized spacial score (nSPS) is 16.3. The molecule has 0 aliphatic carbocycles. The van der Waals surface area contributed by atoms with Gasteiger partial charge in [0.2, 0.25) is 5.91 Å². The van der Waals surface area contributed by atoms with Crippen LogP contribution in [0.1, 0.15) is 88.7 Å². The summed E-state index contributed by atoms with van der Waals surface area (Å²) in [6.45, 7) is 6.71. The molecule has 1 amide bonds. The summed E-state index contributed by atoms with van der Waals surface area (Å²) < 4.78 is 20.5. The Morgan fingerprint density at radius 2 is 1.64 bits per heavy atom. The summed E-state index contributed by atoms with van der Waals surface area (Å²) in [7, 11) is 1.43. The maximum atomic E-state index is 14.3. The van der Waals surface area contributed by atoms with E-state index in [9.17, 15) is 14.0 Å². The Morgan fingerprint density at radius 3 is 2.38 bits per heavy atom. The van der Waals surface area contributed by atoms with Crippen LogP contribution in [0.15, 0.2) is 41.8 Å². The number of carbonyl (C=O) groups is 2. The van der Waals surface area contributed by atoms with Crippen LogP contribution < -0.4 is 9.80 Å². The predicted octanol–water partition coefficient (Wildman–Crippen LogP) is 8.15. The number of piperazine rings is 1. The van der Waals surface area contributed by atoms with Crippen molar-refractivity contribution in [3.05, 3.63) is 58.7 Å². The number of thiophene rings is 1. The molecule has 1 aromatic heterocycles. The van der Waals surface area contributed by atoms with Gasteiger partial charge < -0.3 is 9.64 Å². The van der Waals surface area contributed by atoms with Crippen LogP contribution in [0.3, 0.4) is 0 Å². The molecule has 3 aromatic rings. The summed E-state index contributed by atoms with van der Waals surface area (Å²) in [4.78, 5) is 32.8. The topological polar surface area (TPSA) is 53.1 Å². The largest absolute Gasteiger partial charge is 0.467 e. The second-order valence-electron chi connectivity index (χ2n) is 12.7. The highest BCUT2D eigenvalue weighted by Crippen LogP contribution is 2.34. The van der Waals surface area contributed by atoms with Gasteiger partial charge in [0, 0.05) is 60.6 Å². The summed E-state index contributed by atoms with van der Waals surface area (Å²) in [6.07, 6.45) is 13.5. The van der Waals surface area contributed by atoms with Gasteiger partial charge in [0.05, 0.1) is 7.11 Å². The van der Waals surface area contributed by atoms with Gasteiger partial charge in [-0.25, -0.2) is 9.18 Å². The third-order valence-corrected chi connectivity index (χ3v) is 10.5. The monoisotopic (exact) mass is 635 g/mol. The number of hydrogen-bond acceptors (Lipinski definition) is 6. The second-order valence-corrected chi connectivity index (χ2v) is 13.7. The maximum absolute atomic E-state index is 14.3. The smallest absolute Gasteiger partial charge is 0.328 e. The Bertz CT molecular complexity index is 1420. The highest BCUT2D eigenvalue weighted by Gasteiger charge is 2.35. The number of anilines is 2. The molecule has 2 aliphatic rings. The van der Waals surface area contributed by atoms with E-state index in [1.54, 1.807) is 28.4 Å². The molecule has 1 fully saturated rings. The van der Waals surface area contributed by atoms with Gasteiger partial charge in [-0.15, -0.1) is 11.3 Å². The number of aryl methyl sites for hydroxylation is 1. The second kappa shape index (κ2) is 16.5. The molecule has 0 radical (unpaired) electrons. The summed E-state index contributed by atoms with van der Waals surface area (Å²) in [5.41, 5.74) is 4.18. The number of unbranched alkanes of at least 4 members (excludes halogenated alkanes) is 8. The number of rotatable bonds is 16. The first kappa shape index (κ1) is 33.4. The molecule has 8 heteroatoms. The first-order valence-corrected chi connectivity index (χ1v) is 18.0. The van der Waals surface area contributed by atoms with E-state index in [-0.39, 0.29) is 17.7 Å². The molecule has 5 rings (SSSR count). The van der Waals surface area contributed by atoms with E-state index < -0.39 is 6.04 Å². The van der Waals surface area contributed by atoms with Crippen LogP contribution in [-0.2, 0) is 27.2 Å². The number of fused-ring (bicyclic) bond motifs is 2. The molecule has 0 spiro atoms. The fourth-order valence-electron chi connectivity index (χ4n) is 6.96. The Balaban J connectivity index is 1.17. The number of halogens is 1. The molecule has 1 unspecified atom stereocenters.